The number of hydrogen-bond acceptors (Lipinski definition) is 9. The Morgan fingerprint density at radius 3 is 2.63 bits per heavy atom. The van der Waals surface area contributed by atoms with Gasteiger partial charge in [-0.25, -0.2) is 4.68 Å². The smallest absolute Gasteiger partial charge is 0.402 e. The van der Waals surface area contributed by atoms with Gasteiger partial charge in [-0.3, -0.25) is 9.69 Å². The van der Waals surface area contributed by atoms with Crippen molar-refractivity contribution in [1.82, 2.24) is 30.4 Å². The maximum Gasteiger partial charge on any atom is 0.633 e. The van der Waals surface area contributed by atoms with E-state index in [0.717, 1.165) is 44.3 Å². The molecule has 2 aromatic rings. The number of nitrogens with one attached hydrogen (secondary N) is 1. The summed E-state index contributed by atoms with van der Waals surface area (Å²) in [4.78, 5) is 15.0. The fourth-order valence-corrected chi connectivity index (χ4v) is 4.29. The number of benzene rings is 1. The van der Waals surface area contributed by atoms with Crippen molar-refractivity contribution in [3.05, 3.63) is 40.7 Å². The van der Waals surface area contributed by atoms with Crippen LogP contribution >= 0.6 is 24.0 Å². The van der Waals surface area contributed by atoms with E-state index in [2.05, 4.69) is 25.7 Å². The van der Waals surface area contributed by atoms with Crippen molar-refractivity contribution >= 4 is 37.2 Å². The third-order valence-corrected chi connectivity index (χ3v) is 6.37. The number of aromatic nitrogens is 4. The lowest BCUT2D eigenvalue weighted by atomic mass is 9.94. The van der Waals surface area contributed by atoms with Crippen LogP contribution in [0.5, 0.6) is 0 Å². The van der Waals surface area contributed by atoms with Crippen molar-refractivity contribution in [2.45, 2.75) is 51.2 Å². The third kappa shape index (κ3) is 9.64. The van der Waals surface area contributed by atoms with Crippen LogP contribution in [0, 0.1) is 5.92 Å². The molecule has 5 N–H and O–H groups in total. The minimum absolute atomic E-state index is 0. The number of amides is 1. The van der Waals surface area contributed by atoms with E-state index in [1.165, 1.54) is 0 Å². The minimum Gasteiger partial charge on any atom is -0.402 e. The van der Waals surface area contributed by atoms with Crippen LogP contribution in [-0.2, 0) is 22.5 Å². The number of tetrazole rings is 1. The van der Waals surface area contributed by atoms with Gasteiger partial charge in [0.05, 0.1) is 6.04 Å². The molecule has 0 aliphatic carbocycles. The topological polar surface area (TPSA) is 152 Å². The maximum atomic E-state index is 12.6. The number of rotatable bonds is 13. The van der Waals surface area contributed by atoms with Crippen LogP contribution in [0.4, 0.5) is 0 Å². The number of piperidine rings is 1. The van der Waals surface area contributed by atoms with Crippen molar-refractivity contribution in [3.63, 3.8) is 0 Å². The van der Waals surface area contributed by atoms with Crippen molar-refractivity contribution in [2.24, 2.45) is 11.7 Å². The first-order chi connectivity index (χ1) is 16.5. The lowest BCUT2D eigenvalue weighted by Crippen LogP contribution is -2.40. The average Bonchev–Trinajstić information content (AvgIpc) is 3.28. The molecule has 0 radical (unpaired) electrons. The Hall–Kier alpha value is -1.80. The summed E-state index contributed by atoms with van der Waals surface area (Å²) in [7, 11) is -1.76. The van der Waals surface area contributed by atoms with Gasteiger partial charge in [-0.15, -0.1) is 17.5 Å². The van der Waals surface area contributed by atoms with Crippen LogP contribution in [0.3, 0.4) is 0 Å². The fraction of sp³-hybridized carbons (Fsp3) is 0.619. The summed E-state index contributed by atoms with van der Waals surface area (Å²) < 4.78 is 6.37. The molecule has 0 bridgehead atoms. The minimum atomic E-state index is -1.76. The van der Waals surface area contributed by atoms with Crippen molar-refractivity contribution < 1.29 is 19.5 Å². The molecule has 1 aliphatic heterocycles. The van der Waals surface area contributed by atoms with E-state index in [-0.39, 0.29) is 37.5 Å². The predicted molar refractivity (Wildman–Crippen MR) is 134 cm³/mol. The first-order valence-electron chi connectivity index (χ1n) is 11.6. The summed E-state index contributed by atoms with van der Waals surface area (Å²) in [6.45, 7) is 3.11. The summed E-state index contributed by atoms with van der Waals surface area (Å²) in [5.74, 6) is 0.983. The molecule has 35 heavy (non-hydrogen) atoms. The van der Waals surface area contributed by atoms with Crippen LogP contribution in [0.15, 0.2) is 24.3 Å². The number of nitrogens with two attached hydrogens (primary N) is 1. The highest BCUT2D eigenvalue weighted by Gasteiger charge is 2.29. The zero-order chi connectivity index (χ0) is 24.3. The largest absolute Gasteiger partial charge is 0.633 e. The number of hydrogen-bond donors (Lipinski definition) is 4. The highest BCUT2D eigenvalue weighted by molar-refractivity contribution is 6.32. The number of unbranched alkanes of at least 4 members (excludes halogenated alkanes) is 1. The summed E-state index contributed by atoms with van der Waals surface area (Å²) >= 11 is 5.91. The first kappa shape index (κ1) is 29.4. The molecule has 1 fully saturated rings. The normalized spacial score (nSPS) is 15.4. The van der Waals surface area contributed by atoms with Gasteiger partial charge in [0.25, 0.3) is 0 Å². The number of carbonyl (C=O) groups is 1. The summed E-state index contributed by atoms with van der Waals surface area (Å²) in [6.07, 6.45) is 4.22. The maximum absolute atomic E-state index is 12.6. The van der Waals surface area contributed by atoms with E-state index in [9.17, 15) is 4.79 Å². The van der Waals surface area contributed by atoms with Gasteiger partial charge in [0.15, 0.2) is 5.82 Å². The van der Waals surface area contributed by atoms with E-state index in [1.54, 1.807) is 16.8 Å². The van der Waals surface area contributed by atoms with Crippen molar-refractivity contribution in [1.29, 1.82) is 0 Å². The molecule has 1 aromatic carbocycles. The van der Waals surface area contributed by atoms with Gasteiger partial charge < -0.3 is 25.8 Å². The molecule has 0 spiro atoms. The highest BCUT2D eigenvalue weighted by Crippen LogP contribution is 2.29. The number of carbonyl (C=O) groups excluding carboxylic acids is 1. The molecule has 11 nitrogen and oxygen atoms in total. The molecular formula is C21H34BCl2N7O4. The Kier molecular flexibility index (Phi) is 12.9. The van der Waals surface area contributed by atoms with Crippen LogP contribution < -0.4 is 11.1 Å². The van der Waals surface area contributed by atoms with Gasteiger partial charge in [0.2, 0.25) is 5.91 Å². The lowest BCUT2D eigenvalue weighted by Gasteiger charge is -2.36. The van der Waals surface area contributed by atoms with E-state index < -0.39 is 7.32 Å². The van der Waals surface area contributed by atoms with E-state index in [4.69, 9.17) is 32.0 Å². The molecule has 1 aliphatic rings. The van der Waals surface area contributed by atoms with Gasteiger partial charge in [0.1, 0.15) is 6.54 Å². The molecule has 194 valence electrons. The Balaban J connectivity index is 0.00000432. The second-order valence-corrected chi connectivity index (χ2v) is 8.96. The van der Waals surface area contributed by atoms with Crippen LogP contribution in [0.2, 0.25) is 5.02 Å². The second-order valence-electron chi connectivity index (χ2n) is 8.52. The van der Waals surface area contributed by atoms with Gasteiger partial charge in [0, 0.05) is 18.2 Å². The Morgan fingerprint density at radius 1 is 1.26 bits per heavy atom. The van der Waals surface area contributed by atoms with Crippen LogP contribution in [0.25, 0.3) is 0 Å². The molecular weight excluding hydrogens is 496 g/mol. The van der Waals surface area contributed by atoms with Gasteiger partial charge in [-0.05, 0) is 85.8 Å². The fourth-order valence-electron chi connectivity index (χ4n) is 4.16. The van der Waals surface area contributed by atoms with Gasteiger partial charge in [-0.2, -0.15) is 0 Å². The molecule has 1 unspecified atom stereocenters. The number of nitrogens with zero attached hydrogens (tertiary/aromatic N) is 5. The third-order valence-electron chi connectivity index (χ3n) is 6.12. The van der Waals surface area contributed by atoms with E-state index in [0.29, 0.717) is 36.3 Å². The van der Waals surface area contributed by atoms with Gasteiger partial charge >= 0.3 is 7.32 Å². The standard InChI is InChI=1S/C21H33BClN7O4.ClH/c23-18-6-4-17(5-7-18)14-25-20(31)15-30-21(26-27-28-30)19(3-1-2-12-34-22(32)33)29-10-8-16(13-24)9-11-29;/h4-7,16,19,32-33H,1-3,8-15,24H2,(H,25,31);1H. The van der Waals surface area contributed by atoms with Crippen LogP contribution in [0.1, 0.15) is 49.5 Å². The van der Waals surface area contributed by atoms with Gasteiger partial charge in [-0.1, -0.05) is 23.7 Å². The Bertz CT molecular complexity index is 883. The zero-order valence-corrected chi connectivity index (χ0v) is 21.2. The summed E-state index contributed by atoms with van der Waals surface area (Å²) in [6, 6.07) is 7.24. The zero-order valence-electron chi connectivity index (χ0n) is 19.6. The van der Waals surface area contributed by atoms with E-state index >= 15 is 0 Å². The first-order valence-corrected chi connectivity index (χ1v) is 12.0. The SMILES string of the molecule is Cl.NCC1CCN(C(CCCCOB(O)O)c2nnnn2CC(=O)NCc2ccc(Cl)cc2)CC1. The van der Waals surface area contributed by atoms with Crippen LogP contribution in [-0.4, -0.2) is 74.6 Å². The molecule has 3 rings (SSSR count). The summed E-state index contributed by atoms with van der Waals surface area (Å²) in [5, 5.41) is 33.4. The Morgan fingerprint density at radius 2 is 1.97 bits per heavy atom. The highest BCUT2D eigenvalue weighted by atomic mass is 35.5. The molecule has 2 heterocycles. The molecule has 0 saturated carbocycles. The molecule has 1 amide bonds. The lowest BCUT2D eigenvalue weighted by molar-refractivity contribution is -0.122. The second kappa shape index (κ2) is 15.3. The molecule has 1 atom stereocenters. The quantitative estimate of drug-likeness (QED) is 0.219. The number of likely N-dealkylation sites (tertiary alicyclic amines) is 1. The Labute approximate surface area is 216 Å². The average molecular weight is 530 g/mol. The monoisotopic (exact) mass is 529 g/mol. The van der Waals surface area contributed by atoms with Crippen molar-refractivity contribution in [2.75, 3.05) is 26.2 Å². The van der Waals surface area contributed by atoms with Crippen molar-refractivity contribution in [3.8, 4) is 0 Å². The predicted octanol–water partition coefficient (Wildman–Crippen LogP) is 0.933. The number of halogens is 2. The molecule has 1 aromatic heterocycles. The molecule has 14 heteroatoms. The van der Waals surface area contributed by atoms with E-state index in [1.807, 2.05) is 12.1 Å². The summed E-state index contributed by atoms with van der Waals surface area (Å²) in [5.41, 5.74) is 6.80. The molecule has 1 saturated heterocycles.